The van der Waals surface area contributed by atoms with E-state index in [1.54, 1.807) is 0 Å². The van der Waals surface area contributed by atoms with Crippen LogP contribution in [0.2, 0.25) is 0 Å². The maximum Gasteiger partial charge on any atom is 0.0555 e. The molecule has 0 heterocycles. The normalized spacial score (nSPS) is 10.3. The lowest BCUT2D eigenvalue weighted by molar-refractivity contribution is 0.266. The van der Waals surface area contributed by atoms with Crippen LogP contribution in [0, 0.1) is 0 Å². The van der Waals surface area contributed by atoms with Crippen molar-refractivity contribution in [3.05, 3.63) is 0 Å². The molecule has 0 saturated carbocycles. The minimum absolute atomic E-state index is 0.139. The summed E-state index contributed by atoms with van der Waals surface area (Å²) in [6.07, 6.45) is 14.8. The number of rotatable bonds is 15. The van der Waals surface area contributed by atoms with Gasteiger partial charge in [0.2, 0.25) is 0 Å². The summed E-state index contributed by atoms with van der Waals surface area (Å²) in [5.41, 5.74) is 0. The summed E-state index contributed by atoms with van der Waals surface area (Å²) in [4.78, 5) is 0. The maximum absolute atomic E-state index is 8.59. The Kier molecular flexibility index (Phi) is 27.3. The summed E-state index contributed by atoms with van der Waals surface area (Å²) < 4.78 is 0. The summed E-state index contributed by atoms with van der Waals surface area (Å²) in [6.45, 7) is 4.05. The number of unbranched alkanes of at least 4 members (excludes halogenated alkanes) is 10. The molecule has 0 aliphatic heterocycles. The molecule has 0 rings (SSSR count). The highest BCUT2D eigenvalue weighted by Crippen LogP contribution is 2.10. The number of hydrogen-bond donors (Lipinski definition) is 4. The summed E-state index contributed by atoms with van der Waals surface area (Å²) >= 11 is 0. The summed E-state index contributed by atoms with van der Waals surface area (Å²) in [7, 11) is 0. The van der Waals surface area contributed by atoms with Crippen molar-refractivity contribution in [2.24, 2.45) is 0 Å². The zero-order valence-electron chi connectivity index (χ0n) is 14.2. The Bertz CT molecular complexity index is 141. The molecule has 0 radical (unpaired) electrons. The number of nitrogens with one attached hydrogen (secondary N) is 1. The van der Waals surface area contributed by atoms with Gasteiger partial charge in [-0.05, 0) is 6.42 Å². The van der Waals surface area contributed by atoms with E-state index < -0.39 is 0 Å². The molecular weight excluding hydrogens is 266 g/mol. The van der Waals surface area contributed by atoms with Crippen LogP contribution in [0.1, 0.15) is 77.6 Å². The van der Waals surface area contributed by atoms with E-state index in [4.69, 9.17) is 15.3 Å². The number of aliphatic hydroxyl groups excluding tert-OH is 3. The van der Waals surface area contributed by atoms with E-state index in [0.29, 0.717) is 19.7 Å². The molecule has 0 aromatic carbocycles. The molecule has 0 saturated heterocycles. The smallest absolute Gasteiger partial charge is 0.0555 e. The Balaban J connectivity index is 0. The molecule has 4 heteroatoms. The van der Waals surface area contributed by atoms with Gasteiger partial charge in [-0.15, -0.1) is 0 Å². The van der Waals surface area contributed by atoms with Gasteiger partial charge in [0, 0.05) is 19.7 Å². The van der Waals surface area contributed by atoms with Crippen molar-refractivity contribution >= 4 is 0 Å². The van der Waals surface area contributed by atoms with Crippen LogP contribution in [0.5, 0.6) is 0 Å². The van der Waals surface area contributed by atoms with Gasteiger partial charge in [0.25, 0.3) is 0 Å². The quantitative estimate of drug-likeness (QED) is 0.351. The predicted molar refractivity (Wildman–Crippen MR) is 90.6 cm³/mol. The Morgan fingerprint density at radius 2 is 0.905 bits per heavy atom. The van der Waals surface area contributed by atoms with Crippen LogP contribution in [0.25, 0.3) is 0 Å². The van der Waals surface area contributed by atoms with Crippen molar-refractivity contribution in [3.63, 3.8) is 0 Å². The van der Waals surface area contributed by atoms with Gasteiger partial charge in [-0.1, -0.05) is 71.1 Å². The average molecular weight is 306 g/mol. The third kappa shape index (κ3) is 28.7. The van der Waals surface area contributed by atoms with Crippen LogP contribution in [0.4, 0.5) is 0 Å². The van der Waals surface area contributed by atoms with Crippen LogP contribution in [0.15, 0.2) is 0 Å². The molecule has 4 N–H and O–H groups in total. The molecule has 0 amide bonds. The second-order valence-corrected chi connectivity index (χ2v) is 5.46. The molecule has 0 aromatic heterocycles. The molecule has 0 aliphatic carbocycles. The SMILES string of the molecule is CCCCCCCCCCCCCO.OCCNCCO. The summed E-state index contributed by atoms with van der Waals surface area (Å²) in [5.74, 6) is 0. The van der Waals surface area contributed by atoms with Gasteiger partial charge in [-0.25, -0.2) is 0 Å². The lowest BCUT2D eigenvalue weighted by Crippen LogP contribution is -2.21. The lowest BCUT2D eigenvalue weighted by atomic mass is 10.1. The van der Waals surface area contributed by atoms with Crippen LogP contribution in [-0.4, -0.2) is 48.2 Å². The Morgan fingerprint density at radius 3 is 1.24 bits per heavy atom. The van der Waals surface area contributed by atoms with Crippen molar-refractivity contribution in [1.82, 2.24) is 5.32 Å². The van der Waals surface area contributed by atoms with Crippen LogP contribution < -0.4 is 5.32 Å². The Labute approximate surface area is 132 Å². The fourth-order valence-corrected chi connectivity index (χ4v) is 2.06. The third-order valence-corrected chi connectivity index (χ3v) is 3.34. The van der Waals surface area contributed by atoms with E-state index in [-0.39, 0.29) is 13.2 Å². The van der Waals surface area contributed by atoms with Crippen molar-refractivity contribution in [2.45, 2.75) is 77.6 Å². The molecule has 0 aromatic rings. The first-order chi connectivity index (χ1) is 10.3. The van der Waals surface area contributed by atoms with Gasteiger partial charge in [0.15, 0.2) is 0 Å². The highest BCUT2D eigenvalue weighted by Gasteiger charge is 1.91. The van der Waals surface area contributed by atoms with E-state index in [0.717, 1.165) is 6.42 Å². The van der Waals surface area contributed by atoms with Crippen LogP contribution in [0.3, 0.4) is 0 Å². The molecular formula is C17H39NO3. The second-order valence-electron chi connectivity index (χ2n) is 5.46. The largest absolute Gasteiger partial charge is 0.396 e. The van der Waals surface area contributed by atoms with E-state index in [2.05, 4.69) is 12.2 Å². The van der Waals surface area contributed by atoms with Gasteiger partial charge in [0.1, 0.15) is 0 Å². The van der Waals surface area contributed by atoms with Gasteiger partial charge >= 0.3 is 0 Å². The third-order valence-electron chi connectivity index (χ3n) is 3.34. The maximum atomic E-state index is 8.59. The van der Waals surface area contributed by atoms with Crippen molar-refractivity contribution in [1.29, 1.82) is 0 Å². The Morgan fingerprint density at radius 1 is 0.524 bits per heavy atom. The Hall–Kier alpha value is -0.160. The highest BCUT2D eigenvalue weighted by atomic mass is 16.3. The number of hydrogen-bond acceptors (Lipinski definition) is 4. The summed E-state index contributed by atoms with van der Waals surface area (Å²) in [6, 6.07) is 0. The topological polar surface area (TPSA) is 72.7 Å². The zero-order valence-corrected chi connectivity index (χ0v) is 14.2. The minimum atomic E-state index is 0.139. The van der Waals surface area contributed by atoms with E-state index in [1.165, 1.54) is 64.2 Å². The van der Waals surface area contributed by atoms with Crippen LogP contribution >= 0.6 is 0 Å². The second kappa shape index (κ2) is 24.8. The molecule has 0 aliphatic rings. The molecule has 0 unspecified atom stereocenters. The predicted octanol–water partition coefficient (Wildman–Crippen LogP) is 2.85. The molecule has 21 heavy (non-hydrogen) atoms. The minimum Gasteiger partial charge on any atom is -0.396 e. The molecule has 4 nitrogen and oxygen atoms in total. The van der Waals surface area contributed by atoms with E-state index in [1.807, 2.05) is 0 Å². The lowest BCUT2D eigenvalue weighted by Gasteiger charge is -2.01. The molecule has 130 valence electrons. The number of aliphatic hydroxyl groups is 3. The first-order valence-electron chi connectivity index (χ1n) is 8.86. The van der Waals surface area contributed by atoms with Gasteiger partial charge in [0.05, 0.1) is 13.2 Å². The van der Waals surface area contributed by atoms with Crippen molar-refractivity contribution < 1.29 is 15.3 Å². The van der Waals surface area contributed by atoms with E-state index >= 15 is 0 Å². The fourth-order valence-electron chi connectivity index (χ4n) is 2.06. The van der Waals surface area contributed by atoms with Gasteiger partial charge < -0.3 is 20.6 Å². The highest BCUT2D eigenvalue weighted by molar-refractivity contribution is 4.47. The molecule has 0 fully saturated rings. The van der Waals surface area contributed by atoms with Crippen LogP contribution in [-0.2, 0) is 0 Å². The average Bonchev–Trinajstić information content (AvgIpc) is 2.50. The van der Waals surface area contributed by atoms with Gasteiger partial charge in [-0.3, -0.25) is 0 Å². The molecule has 0 atom stereocenters. The molecule has 0 bridgehead atoms. The monoisotopic (exact) mass is 305 g/mol. The fraction of sp³-hybridized carbons (Fsp3) is 1.00. The standard InChI is InChI=1S/C13H28O.C4H11NO2/c1-2-3-4-5-6-7-8-9-10-11-12-13-14;6-3-1-5-2-4-7/h14H,2-13H2,1H3;5-7H,1-4H2. The van der Waals surface area contributed by atoms with Crippen molar-refractivity contribution in [3.8, 4) is 0 Å². The van der Waals surface area contributed by atoms with Gasteiger partial charge in [-0.2, -0.15) is 0 Å². The van der Waals surface area contributed by atoms with E-state index in [9.17, 15) is 0 Å². The zero-order chi connectivity index (χ0) is 16.0. The molecule has 0 spiro atoms. The summed E-state index contributed by atoms with van der Waals surface area (Å²) in [5, 5.41) is 27.7. The van der Waals surface area contributed by atoms with Crippen molar-refractivity contribution in [2.75, 3.05) is 32.9 Å². The first-order valence-corrected chi connectivity index (χ1v) is 8.86. The first kappa shape index (κ1) is 23.1.